The molecule has 118 valence electrons. The highest BCUT2D eigenvalue weighted by Crippen LogP contribution is 2.25. The van der Waals surface area contributed by atoms with E-state index in [1.807, 2.05) is 16.8 Å². The Morgan fingerprint density at radius 3 is 2.55 bits per heavy atom. The number of halogens is 2. The van der Waals surface area contributed by atoms with Gasteiger partial charge in [0.2, 0.25) is 0 Å². The van der Waals surface area contributed by atoms with Crippen LogP contribution in [0.3, 0.4) is 0 Å². The van der Waals surface area contributed by atoms with Gasteiger partial charge in [0.15, 0.2) is 0 Å². The van der Waals surface area contributed by atoms with Crippen LogP contribution in [0.5, 0.6) is 0 Å². The number of hydrogen-bond acceptors (Lipinski definition) is 3. The maximum Gasteiger partial charge on any atom is 0.257 e. The zero-order chi connectivity index (χ0) is 15.9. The van der Waals surface area contributed by atoms with E-state index in [1.165, 1.54) is 6.07 Å². The quantitative estimate of drug-likeness (QED) is 0.820. The molecule has 1 heterocycles. The Bertz CT molecular complexity index is 596. The van der Waals surface area contributed by atoms with Crippen LogP contribution in [0.1, 0.15) is 34.7 Å². The lowest BCUT2D eigenvalue weighted by atomic mass is 9.95. The van der Waals surface area contributed by atoms with Crippen LogP contribution in [0.4, 0.5) is 8.78 Å². The molecule has 22 heavy (non-hydrogen) atoms. The van der Waals surface area contributed by atoms with Gasteiger partial charge in [0.05, 0.1) is 0 Å². The van der Waals surface area contributed by atoms with E-state index in [1.54, 1.807) is 11.3 Å². The Kier molecular flexibility index (Phi) is 6.03. The molecule has 0 aliphatic rings. The standard InChI is InChI=1S/C16H17F2NO2S/c17-13-2-1-3-14(18)15(13)16(21)19-7-4-11(5-8-20)12-6-9-22-10-12/h1-3,6,9-11,20H,4-5,7-8H2,(H,19,21)/t11-/m1/s1. The molecule has 1 aromatic carbocycles. The number of rotatable bonds is 7. The van der Waals surface area contributed by atoms with Crippen LogP contribution >= 0.6 is 11.3 Å². The lowest BCUT2D eigenvalue weighted by Crippen LogP contribution is -2.27. The zero-order valence-electron chi connectivity index (χ0n) is 11.9. The number of thiophene rings is 1. The van der Waals surface area contributed by atoms with Crippen molar-refractivity contribution in [3.05, 3.63) is 57.8 Å². The molecule has 0 aliphatic carbocycles. The largest absolute Gasteiger partial charge is 0.396 e. The first-order valence-corrected chi connectivity index (χ1v) is 7.93. The third kappa shape index (κ3) is 4.11. The van der Waals surface area contributed by atoms with Gasteiger partial charge in [0.25, 0.3) is 5.91 Å². The third-order valence-corrected chi connectivity index (χ3v) is 4.16. The van der Waals surface area contributed by atoms with Crippen molar-refractivity contribution in [2.75, 3.05) is 13.2 Å². The number of benzene rings is 1. The fraction of sp³-hybridized carbons (Fsp3) is 0.312. The van der Waals surface area contributed by atoms with Crippen LogP contribution in [0.2, 0.25) is 0 Å². The smallest absolute Gasteiger partial charge is 0.257 e. The van der Waals surface area contributed by atoms with Gasteiger partial charge in [0, 0.05) is 13.2 Å². The fourth-order valence-electron chi connectivity index (χ4n) is 2.30. The van der Waals surface area contributed by atoms with E-state index in [9.17, 15) is 13.6 Å². The van der Waals surface area contributed by atoms with Crippen molar-refractivity contribution in [1.82, 2.24) is 5.32 Å². The van der Waals surface area contributed by atoms with Gasteiger partial charge in [-0.2, -0.15) is 11.3 Å². The van der Waals surface area contributed by atoms with Crippen molar-refractivity contribution >= 4 is 17.2 Å². The second-order valence-corrected chi connectivity index (χ2v) is 5.69. The molecule has 6 heteroatoms. The molecule has 0 bridgehead atoms. The summed E-state index contributed by atoms with van der Waals surface area (Å²) in [6.45, 7) is 0.337. The average molecular weight is 325 g/mol. The Labute approximate surface area is 131 Å². The Balaban J connectivity index is 1.93. The zero-order valence-corrected chi connectivity index (χ0v) is 12.7. The van der Waals surface area contributed by atoms with Crippen LogP contribution in [0.15, 0.2) is 35.0 Å². The maximum atomic E-state index is 13.5. The van der Waals surface area contributed by atoms with Gasteiger partial charge in [-0.25, -0.2) is 8.78 Å². The summed E-state index contributed by atoms with van der Waals surface area (Å²) in [4.78, 5) is 11.9. The van der Waals surface area contributed by atoms with Crippen molar-refractivity contribution in [3.63, 3.8) is 0 Å². The number of amides is 1. The summed E-state index contributed by atoms with van der Waals surface area (Å²) in [5, 5.41) is 15.6. The summed E-state index contributed by atoms with van der Waals surface area (Å²) in [6, 6.07) is 5.30. The number of nitrogens with one attached hydrogen (secondary N) is 1. The minimum atomic E-state index is -0.873. The van der Waals surface area contributed by atoms with Crippen molar-refractivity contribution in [2.24, 2.45) is 0 Å². The lowest BCUT2D eigenvalue weighted by molar-refractivity contribution is 0.0943. The van der Waals surface area contributed by atoms with Gasteiger partial charge in [-0.1, -0.05) is 6.07 Å². The van der Waals surface area contributed by atoms with Gasteiger partial charge in [-0.15, -0.1) is 0 Å². The molecule has 0 radical (unpaired) electrons. The number of carbonyl (C=O) groups is 1. The van der Waals surface area contributed by atoms with E-state index in [4.69, 9.17) is 5.11 Å². The molecule has 0 saturated carbocycles. The summed E-state index contributed by atoms with van der Waals surface area (Å²) in [5.41, 5.74) is 0.544. The van der Waals surface area contributed by atoms with Crippen LogP contribution in [-0.2, 0) is 0 Å². The third-order valence-electron chi connectivity index (χ3n) is 3.46. The Morgan fingerprint density at radius 2 is 1.95 bits per heavy atom. The highest BCUT2D eigenvalue weighted by Gasteiger charge is 2.17. The minimum Gasteiger partial charge on any atom is -0.396 e. The van der Waals surface area contributed by atoms with Gasteiger partial charge in [-0.05, 0) is 53.3 Å². The molecular formula is C16H17F2NO2S. The van der Waals surface area contributed by atoms with Crippen LogP contribution in [-0.4, -0.2) is 24.2 Å². The van der Waals surface area contributed by atoms with Crippen LogP contribution in [0, 0.1) is 11.6 Å². The SMILES string of the molecule is O=C(NCC[C@H](CCO)c1ccsc1)c1c(F)cccc1F. The molecule has 1 aromatic heterocycles. The first-order chi connectivity index (χ1) is 10.6. The molecule has 3 nitrogen and oxygen atoms in total. The van der Waals surface area contributed by atoms with Crippen LogP contribution in [0.25, 0.3) is 0 Å². The number of carbonyl (C=O) groups excluding carboxylic acids is 1. The summed E-state index contributed by atoms with van der Waals surface area (Å²) >= 11 is 1.57. The van der Waals surface area contributed by atoms with Crippen molar-refractivity contribution < 1.29 is 18.7 Å². The van der Waals surface area contributed by atoms with E-state index in [0.29, 0.717) is 12.8 Å². The summed E-state index contributed by atoms with van der Waals surface area (Å²) in [7, 11) is 0. The van der Waals surface area contributed by atoms with Gasteiger partial charge in [-0.3, -0.25) is 4.79 Å². The predicted octanol–water partition coefficient (Wildman–Crippen LogP) is 3.31. The molecule has 1 amide bonds. The molecule has 0 aliphatic heterocycles. The van der Waals surface area contributed by atoms with Gasteiger partial charge >= 0.3 is 0 Å². The Hall–Kier alpha value is -1.79. The first kappa shape index (κ1) is 16.6. The molecule has 0 spiro atoms. The summed E-state index contributed by atoms with van der Waals surface area (Å²) in [6.07, 6.45) is 1.18. The van der Waals surface area contributed by atoms with E-state index in [2.05, 4.69) is 5.32 Å². The molecule has 0 unspecified atom stereocenters. The topological polar surface area (TPSA) is 49.3 Å². The first-order valence-electron chi connectivity index (χ1n) is 6.98. The molecule has 0 fully saturated rings. The summed E-state index contributed by atoms with van der Waals surface area (Å²) in [5.74, 6) is -2.39. The lowest BCUT2D eigenvalue weighted by Gasteiger charge is -2.15. The molecule has 0 saturated heterocycles. The monoisotopic (exact) mass is 325 g/mol. The molecule has 2 N–H and O–H groups in total. The number of aliphatic hydroxyl groups excluding tert-OH is 1. The Morgan fingerprint density at radius 1 is 1.23 bits per heavy atom. The van der Waals surface area contributed by atoms with E-state index in [-0.39, 0.29) is 19.1 Å². The molecular weight excluding hydrogens is 308 g/mol. The second kappa shape index (κ2) is 8.00. The van der Waals surface area contributed by atoms with E-state index < -0.39 is 23.1 Å². The van der Waals surface area contributed by atoms with Gasteiger partial charge < -0.3 is 10.4 Å². The maximum absolute atomic E-state index is 13.5. The van der Waals surface area contributed by atoms with E-state index in [0.717, 1.165) is 17.7 Å². The highest BCUT2D eigenvalue weighted by molar-refractivity contribution is 7.07. The molecule has 2 rings (SSSR count). The average Bonchev–Trinajstić information content (AvgIpc) is 3.00. The fourth-order valence-corrected chi connectivity index (χ4v) is 3.05. The van der Waals surface area contributed by atoms with Crippen molar-refractivity contribution in [2.45, 2.75) is 18.8 Å². The highest BCUT2D eigenvalue weighted by atomic mass is 32.1. The van der Waals surface area contributed by atoms with Crippen LogP contribution < -0.4 is 5.32 Å². The molecule has 1 atom stereocenters. The predicted molar refractivity (Wildman–Crippen MR) is 82.1 cm³/mol. The van der Waals surface area contributed by atoms with Gasteiger partial charge in [0.1, 0.15) is 17.2 Å². The molecule has 2 aromatic rings. The number of hydrogen-bond donors (Lipinski definition) is 2. The normalized spacial score (nSPS) is 12.1. The minimum absolute atomic E-state index is 0.0520. The summed E-state index contributed by atoms with van der Waals surface area (Å²) < 4.78 is 27.0. The second-order valence-electron chi connectivity index (χ2n) is 4.91. The van der Waals surface area contributed by atoms with Crippen molar-refractivity contribution in [3.8, 4) is 0 Å². The van der Waals surface area contributed by atoms with Crippen molar-refractivity contribution in [1.29, 1.82) is 0 Å². The number of aliphatic hydroxyl groups is 1. The van der Waals surface area contributed by atoms with E-state index >= 15 is 0 Å².